The summed E-state index contributed by atoms with van der Waals surface area (Å²) in [5, 5.41) is 1.62. The quantitative estimate of drug-likeness (QED) is 0.575. The van der Waals surface area contributed by atoms with Crippen LogP contribution >= 0.6 is 11.6 Å². The Morgan fingerprint density at radius 1 is 1.64 bits per heavy atom. The number of nitrogens with two attached hydrogens (primary N) is 1. The Hall–Kier alpha value is -0.710. The molecule has 1 aliphatic rings. The van der Waals surface area contributed by atoms with Crippen LogP contribution in [0.15, 0.2) is 12.3 Å². The fourth-order valence-electron chi connectivity index (χ4n) is 1.77. The van der Waals surface area contributed by atoms with Gasteiger partial charge in [0, 0.05) is 12.7 Å². The lowest BCUT2D eigenvalue weighted by atomic mass is 10.1. The maximum Gasteiger partial charge on any atom is 0.164 e. The second-order valence-corrected chi connectivity index (χ2v) is 3.80. The molecule has 1 aromatic rings. The first-order chi connectivity index (χ1) is 6.68. The Morgan fingerprint density at radius 2 is 2.43 bits per heavy atom. The maximum atomic E-state index is 13.1. The van der Waals surface area contributed by atoms with Crippen molar-refractivity contribution in [1.29, 1.82) is 0 Å². The van der Waals surface area contributed by atoms with E-state index in [0.29, 0.717) is 0 Å². The highest BCUT2D eigenvalue weighted by Crippen LogP contribution is 2.29. The van der Waals surface area contributed by atoms with E-state index in [4.69, 9.17) is 17.4 Å². The van der Waals surface area contributed by atoms with Gasteiger partial charge in [-0.2, -0.15) is 0 Å². The van der Waals surface area contributed by atoms with Crippen LogP contribution in [0.25, 0.3) is 0 Å². The molecule has 2 rings (SSSR count). The Morgan fingerprint density at radius 3 is 3.00 bits per heavy atom. The summed E-state index contributed by atoms with van der Waals surface area (Å²) in [6, 6.07) is 1.49. The van der Waals surface area contributed by atoms with Crippen LogP contribution in [0.4, 0.5) is 4.39 Å². The van der Waals surface area contributed by atoms with E-state index in [9.17, 15) is 4.39 Å². The number of hydrazine groups is 1. The lowest BCUT2D eigenvalue weighted by Gasteiger charge is -2.18. The zero-order valence-electron chi connectivity index (χ0n) is 7.58. The van der Waals surface area contributed by atoms with Crippen LogP contribution in [0.2, 0.25) is 5.15 Å². The first-order valence-electron chi connectivity index (χ1n) is 4.51. The van der Waals surface area contributed by atoms with Crippen molar-refractivity contribution in [3.05, 3.63) is 28.8 Å². The van der Waals surface area contributed by atoms with Crippen molar-refractivity contribution >= 4 is 11.6 Å². The van der Waals surface area contributed by atoms with Gasteiger partial charge in [0.15, 0.2) is 11.0 Å². The third-order valence-electron chi connectivity index (χ3n) is 2.50. The van der Waals surface area contributed by atoms with E-state index in [1.54, 1.807) is 11.2 Å². The molecule has 0 spiro atoms. The van der Waals surface area contributed by atoms with E-state index in [1.807, 2.05) is 0 Å². The number of aromatic nitrogens is 1. The molecule has 0 bridgehead atoms. The molecule has 1 aliphatic heterocycles. The largest absolute Gasteiger partial charge is 0.268 e. The SMILES string of the molecule is NN1CCC[C@H]1c1cnc(Cl)c(F)c1. The van der Waals surface area contributed by atoms with Crippen LogP contribution in [0.5, 0.6) is 0 Å². The van der Waals surface area contributed by atoms with Crippen LogP contribution in [-0.2, 0) is 0 Å². The molecule has 0 aliphatic carbocycles. The van der Waals surface area contributed by atoms with Crippen molar-refractivity contribution in [2.75, 3.05) is 6.54 Å². The zero-order chi connectivity index (χ0) is 10.1. The Kier molecular flexibility index (Phi) is 2.67. The van der Waals surface area contributed by atoms with E-state index in [0.717, 1.165) is 24.9 Å². The van der Waals surface area contributed by atoms with Crippen LogP contribution in [0.1, 0.15) is 24.4 Å². The van der Waals surface area contributed by atoms with Crippen molar-refractivity contribution < 1.29 is 4.39 Å². The minimum absolute atomic E-state index is 0.0780. The summed E-state index contributed by atoms with van der Waals surface area (Å²) in [5.41, 5.74) is 0.798. The van der Waals surface area contributed by atoms with Gasteiger partial charge in [-0.05, 0) is 24.5 Å². The standard InChI is InChI=1S/C9H11ClFN3/c10-9-7(11)4-6(5-13-9)8-2-1-3-14(8)12/h4-5,8H,1-3,12H2/t8-/m0/s1. The van der Waals surface area contributed by atoms with Crippen molar-refractivity contribution in [2.45, 2.75) is 18.9 Å². The molecule has 5 heteroatoms. The second kappa shape index (κ2) is 3.81. The summed E-state index contributed by atoms with van der Waals surface area (Å²) >= 11 is 5.49. The highest BCUT2D eigenvalue weighted by molar-refractivity contribution is 6.29. The summed E-state index contributed by atoms with van der Waals surface area (Å²) in [4.78, 5) is 3.77. The molecule has 1 atom stereocenters. The summed E-state index contributed by atoms with van der Waals surface area (Å²) in [6.07, 6.45) is 3.56. The van der Waals surface area contributed by atoms with Crippen molar-refractivity contribution in [3.8, 4) is 0 Å². The van der Waals surface area contributed by atoms with Crippen molar-refractivity contribution in [1.82, 2.24) is 9.99 Å². The molecule has 1 fully saturated rings. The molecule has 0 radical (unpaired) electrons. The van der Waals surface area contributed by atoms with Gasteiger partial charge in [0.05, 0.1) is 6.04 Å². The van der Waals surface area contributed by atoms with Gasteiger partial charge < -0.3 is 0 Å². The molecule has 0 saturated carbocycles. The first kappa shape index (κ1) is 9.83. The third kappa shape index (κ3) is 1.73. The number of halogens is 2. The van der Waals surface area contributed by atoms with Gasteiger partial charge in [-0.3, -0.25) is 5.84 Å². The monoisotopic (exact) mass is 215 g/mol. The topological polar surface area (TPSA) is 42.1 Å². The molecular weight excluding hydrogens is 205 g/mol. The van der Waals surface area contributed by atoms with Crippen molar-refractivity contribution in [3.63, 3.8) is 0 Å². The van der Waals surface area contributed by atoms with E-state index in [2.05, 4.69) is 4.98 Å². The third-order valence-corrected chi connectivity index (χ3v) is 2.77. The number of hydrogen-bond acceptors (Lipinski definition) is 3. The van der Waals surface area contributed by atoms with Crippen molar-refractivity contribution in [2.24, 2.45) is 5.84 Å². The van der Waals surface area contributed by atoms with E-state index in [1.165, 1.54) is 6.07 Å². The Bertz CT molecular complexity index is 345. The summed E-state index contributed by atoms with van der Waals surface area (Å²) in [6.45, 7) is 0.842. The molecule has 0 aromatic carbocycles. The summed E-state index contributed by atoms with van der Waals surface area (Å²) in [7, 11) is 0. The molecule has 76 valence electrons. The van der Waals surface area contributed by atoms with Gasteiger partial charge in [0.25, 0.3) is 0 Å². The first-order valence-corrected chi connectivity index (χ1v) is 4.88. The predicted molar refractivity (Wildman–Crippen MR) is 52.1 cm³/mol. The number of rotatable bonds is 1. The van der Waals surface area contributed by atoms with Gasteiger partial charge in [-0.25, -0.2) is 14.4 Å². The molecule has 0 unspecified atom stereocenters. The average molecular weight is 216 g/mol. The minimum atomic E-state index is -0.482. The molecule has 1 saturated heterocycles. The number of nitrogens with zero attached hydrogens (tertiary/aromatic N) is 2. The van der Waals surface area contributed by atoms with Gasteiger partial charge in [-0.15, -0.1) is 0 Å². The average Bonchev–Trinajstić information content (AvgIpc) is 2.57. The highest BCUT2D eigenvalue weighted by atomic mass is 35.5. The Balaban J connectivity index is 2.28. The van der Waals surface area contributed by atoms with Gasteiger partial charge in [0.1, 0.15) is 0 Å². The van der Waals surface area contributed by atoms with E-state index < -0.39 is 5.82 Å². The summed E-state index contributed by atoms with van der Waals surface area (Å²) < 4.78 is 13.1. The fraction of sp³-hybridized carbons (Fsp3) is 0.444. The van der Waals surface area contributed by atoms with Gasteiger partial charge >= 0.3 is 0 Å². The Labute approximate surface area is 86.6 Å². The van der Waals surface area contributed by atoms with E-state index in [-0.39, 0.29) is 11.2 Å². The summed E-state index contributed by atoms with van der Waals surface area (Å²) in [5.74, 6) is 5.27. The molecule has 2 N–H and O–H groups in total. The maximum absolute atomic E-state index is 13.1. The fourth-order valence-corrected chi connectivity index (χ4v) is 1.87. The number of hydrogen-bond donors (Lipinski definition) is 1. The molecule has 2 heterocycles. The van der Waals surface area contributed by atoms with Gasteiger partial charge in [-0.1, -0.05) is 11.6 Å². The normalized spacial score (nSPS) is 22.9. The lowest BCUT2D eigenvalue weighted by Crippen LogP contribution is -2.30. The predicted octanol–water partition coefficient (Wildman–Crippen LogP) is 1.88. The molecule has 3 nitrogen and oxygen atoms in total. The zero-order valence-corrected chi connectivity index (χ0v) is 8.34. The van der Waals surface area contributed by atoms with E-state index >= 15 is 0 Å². The molecular formula is C9H11ClFN3. The smallest absolute Gasteiger partial charge is 0.164 e. The second-order valence-electron chi connectivity index (χ2n) is 3.44. The van der Waals surface area contributed by atoms with Crippen LogP contribution in [0.3, 0.4) is 0 Å². The van der Waals surface area contributed by atoms with Crippen LogP contribution < -0.4 is 5.84 Å². The van der Waals surface area contributed by atoms with Gasteiger partial charge in [0.2, 0.25) is 0 Å². The number of pyridine rings is 1. The highest BCUT2D eigenvalue weighted by Gasteiger charge is 2.24. The molecule has 1 aromatic heterocycles. The molecule has 14 heavy (non-hydrogen) atoms. The van der Waals surface area contributed by atoms with Crippen LogP contribution in [0, 0.1) is 5.82 Å². The van der Waals surface area contributed by atoms with Crippen LogP contribution in [-0.4, -0.2) is 16.5 Å². The lowest BCUT2D eigenvalue weighted by molar-refractivity contribution is 0.265. The molecule has 0 amide bonds. The minimum Gasteiger partial charge on any atom is -0.268 e.